The van der Waals surface area contributed by atoms with Gasteiger partial charge in [0, 0.05) is 11.8 Å². The summed E-state index contributed by atoms with van der Waals surface area (Å²) < 4.78 is 41.6. The van der Waals surface area contributed by atoms with Crippen molar-refractivity contribution in [2.24, 2.45) is 0 Å². The molecule has 4 nitrogen and oxygen atoms in total. The van der Waals surface area contributed by atoms with E-state index in [-0.39, 0.29) is 11.3 Å². The van der Waals surface area contributed by atoms with Crippen LogP contribution in [0.1, 0.15) is 22.8 Å². The molecule has 1 heterocycles. The summed E-state index contributed by atoms with van der Waals surface area (Å²) in [6.45, 7) is 1.89. The average molecular weight is 424 g/mol. The third-order valence-electron chi connectivity index (χ3n) is 4.67. The fourth-order valence-corrected chi connectivity index (χ4v) is 5.75. The van der Waals surface area contributed by atoms with E-state index in [1.54, 1.807) is 42.5 Å². The summed E-state index contributed by atoms with van der Waals surface area (Å²) in [5.41, 5.74) is 2.62. The number of aryl methyl sites for hydroxylation is 1. The van der Waals surface area contributed by atoms with E-state index >= 15 is 0 Å². The Labute approximate surface area is 153 Å². The Bertz CT molecular complexity index is 1090. The predicted octanol–water partition coefficient (Wildman–Crippen LogP) is 3.88. The number of nitrogens with zero attached hydrogens (tertiary/aromatic N) is 1. The zero-order valence-electron chi connectivity index (χ0n) is 13.3. The summed E-state index contributed by atoms with van der Waals surface area (Å²) in [5, 5.41) is 10.6. The molecule has 25 heavy (non-hydrogen) atoms. The Kier molecular flexibility index (Phi) is 3.79. The van der Waals surface area contributed by atoms with Gasteiger partial charge >= 0.3 is 0 Å². The van der Waals surface area contributed by atoms with Crippen molar-refractivity contribution in [3.8, 4) is 0 Å². The van der Waals surface area contributed by atoms with Crippen molar-refractivity contribution in [3.05, 3.63) is 63.8 Å². The molecule has 1 aliphatic carbocycles. The highest BCUT2D eigenvalue weighted by Crippen LogP contribution is 2.40. The van der Waals surface area contributed by atoms with Gasteiger partial charge in [0.25, 0.3) is 10.0 Å². The van der Waals surface area contributed by atoms with Crippen molar-refractivity contribution in [1.82, 2.24) is 3.97 Å². The number of hydrogen-bond donors (Lipinski definition) is 1. The van der Waals surface area contributed by atoms with Crippen LogP contribution in [-0.4, -0.2) is 23.7 Å². The SMILES string of the molecule is Cc1ccc(S(=O)(=O)n2c(Br)cc3c4c(ccc32)[C@@H](O)[C@@H](F)C4)cc1. The Morgan fingerprint density at radius 3 is 2.56 bits per heavy atom. The summed E-state index contributed by atoms with van der Waals surface area (Å²) >= 11 is 3.32. The zero-order valence-corrected chi connectivity index (χ0v) is 15.7. The molecule has 2 aromatic carbocycles. The number of fused-ring (bicyclic) bond motifs is 3. The minimum absolute atomic E-state index is 0.0782. The molecule has 0 fully saturated rings. The van der Waals surface area contributed by atoms with Crippen molar-refractivity contribution in [2.45, 2.75) is 30.5 Å². The quantitative estimate of drug-likeness (QED) is 0.680. The molecule has 1 aromatic heterocycles. The van der Waals surface area contributed by atoms with Gasteiger partial charge < -0.3 is 5.11 Å². The van der Waals surface area contributed by atoms with Gasteiger partial charge in [0.1, 0.15) is 16.9 Å². The lowest BCUT2D eigenvalue weighted by Gasteiger charge is -2.10. The van der Waals surface area contributed by atoms with Crippen LogP contribution in [-0.2, 0) is 16.4 Å². The van der Waals surface area contributed by atoms with Crippen LogP contribution in [0.5, 0.6) is 0 Å². The maximum atomic E-state index is 13.9. The van der Waals surface area contributed by atoms with Crippen LogP contribution in [0, 0.1) is 6.92 Å². The Morgan fingerprint density at radius 2 is 1.88 bits per heavy atom. The molecule has 2 atom stereocenters. The molecule has 0 saturated heterocycles. The second-order valence-electron chi connectivity index (χ2n) is 6.28. The van der Waals surface area contributed by atoms with Crippen LogP contribution < -0.4 is 0 Å². The van der Waals surface area contributed by atoms with Crippen LogP contribution in [0.25, 0.3) is 10.9 Å². The summed E-state index contributed by atoms with van der Waals surface area (Å²) in [7, 11) is -3.80. The lowest BCUT2D eigenvalue weighted by atomic mass is 10.1. The van der Waals surface area contributed by atoms with Crippen molar-refractivity contribution >= 4 is 36.9 Å². The van der Waals surface area contributed by atoms with Gasteiger partial charge in [-0.3, -0.25) is 0 Å². The van der Waals surface area contributed by atoms with E-state index in [4.69, 9.17) is 0 Å². The van der Waals surface area contributed by atoms with Crippen LogP contribution in [0.3, 0.4) is 0 Å². The Balaban J connectivity index is 1.96. The van der Waals surface area contributed by atoms with Gasteiger partial charge in [-0.1, -0.05) is 23.8 Å². The highest BCUT2D eigenvalue weighted by atomic mass is 79.9. The van der Waals surface area contributed by atoms with E-state index in [0.717, 1.165) is 5.56 Å². The lowest BCUT2D eigenvalue weighted by Crippen LogP contribution is -2.13. The molecular weight excluding hydrogens is 409 g/mol. The first-order valence-electron chi connectivity index (χ1n) is 7.78. The average Bonchev–Trinajstić information content (AvgIpc) is 3.05. The first-order chi connectivity index (χ1) is 11.8. The smallest absolute Gasteiger partial charge is 0.269 e. The fourth-order valence-electron chi connectivity index (χ4n) is 3.37. The second-order valence-corrected chi connectivity index (χ2v) is 8.88. The molecule has 4 rings (SSSR count). The van der Waals surface area contributed by atoms with Crippen LogP contribution >= 0.6 is 15.9 Å². The monoisotopic (exact) mass is 423 g/mol. The van der Waals surface area contributed by atoms with Gasteiger partial charge in [-0.15, -0.1) is 0 Å². The molecule has 7 heteroatoms. The van der Waals surface area contributed by atoms with Crippen molar-refractivity contribution in [3.63, 3.8) is 0 Å². The number of hydrogen-bond acceptors (Lipinski definition) is 3. The largest absolute Gasteiger partial charge is 0.385 e. The molecule has 130 valence electrons. The van der Waals surface area contributed by atoms with Crippen molar-refractivity contribution < 1.29 is 17.9 Å². The number of alkyl halides is 1. The maximum Gasteiger partial charge on any atom is 0.269 e. The first-order valence-corrected chi connectivity index (χ1v) is 10.0. The van der Waals surface area contributed by atoms with Gasteiger partial charge in [0.2, 0.25) is 0 Å². The number of benzene rings is 2. The van der Waals surface area contributed by atoms with Crippen LogP contribution in [0.15, 0.2) is 52.0 Å². The minimum Gasteiger partial charge on any atom is -0.385 e. The number of halogens is 2. The molecule has 3 aromatic rings. The summed E-state index contributed by atoms with van der Waals surface area (Å²) in [4.78, 5) is 0.181. The molecule has 0 amide bonds. The molecule has 1 N–H and O–H groups in total. The van der Waals surface area contributed by atoms with E-state index in [1.807, 2.05) is 6.92 Å². The highest BCUT2D eigenvalue weighted by molar-refractivity contribution is 9.10. The van der Waals surface area contributed by atoms with E-state index < -0.39 is 22.3 Å². The topological polar surface area (TPSA) is 59.3 Å². The Morgan fingerprint density at radius 1 is 1.20 bits per heavy atom. The van der Waals surface area contributed by atoms with E-state index in [1.165, 1.54) is 3.97 Å². The number of rotatable bonds is 2. The summed E-state index contributed by atoms with van der Waals surface area (Å²) in [6.07, 6.45) is -2.44. The van der Waals surface area contributed by atoms with E-state index in [9.17, 15) is 17.9 Å². The van der Waals surface area contributed by atoms with Crippen LogP contribution in [0.4, 0.5) is 4.39 Å². The maximum absolute atomic E-state index is 13.9. The number of aromatic nitrogens is 1. The Hall–Kier alpha value is -1.70. The molecule has 0 bridgehead atoms. The van der Waals surface area contributed by atoms with Gasteiger partial charge in [-0.05, 0) is 58.2 Å². The van der Waals surface area contributed by atoms with E-state index in [2.05, 4.69) is 15.9 Å². The molecule has 0 unspecified atom stereocenters. The third kappa shape index (κ3) is 2.45. The minimum atomic E-state index is -3.80. The molecule has 0 spiro atoms. The molecular formula is C18H15BrFNO3S. The second kappa shape index (κ2) is 5.65. The first kappa shape index (κ1) is 16.8. The molecule has 0 saturated carbocycles. The fraction of sp³-hybridized carbons (Fsp3) is 0.222. The molecule has 0 radical (unpaired) electrons. The van der Waals surface area contributed by atoms with Crippen LogP contribution in [0.2, 0.25) is 0 Å². The third-order valence-corrected chi connectivity index (χ3v) is 7.23. The zero-order chi connectivity index (χ0) is 17.9. The van der Waals surface area contributed by atoms with Crippen molar-refractivity contribution in [1.29, 1.82) is 0 Å². The standard InChI is InChI=1S/C18H15BrFNO3S/c1-10-2-4-11(5-3-10)25(23,24)21-16-7-6-12-13(8-15(20)18(12)22)14(16)9-17(21)19/h2-7,9,15,18,22H,8H2,1H3/t15-,18+/m0/s1. The van der Waals surface area contributed by atoms with Gasteiger partial charge in [-0.25, -0.2) is 16.8 Å². The number of aliphatic hydroxyl groups is 1. The molecule has 1 aliphatic rings. The van der Waals surface area contributed by atoms with Gasteiger partial charge in [0.05, 0.1) is 10.4 Å². The predicted molar refractivity (Wildman–Crippen MR) is 97.0 cm³/mol. The normalized spacial score (nSPS) is 20.2. The summed E-state index contributed by atoms with van der Waals surface area (Å²) in [6, 6.07) is 11.5. The lowest BCUT2D eigenvalue weighted by molar-refractivity contribution is 0.0926. The van der Waals surface area contributed by atoms with Gasteiger partial charge in [-0.2, -0.15) is 0 Å². The van der Waals surface area contributed by atoms with E-state index in [0.29, 0.717) is 26.6 Å². The highest BCUT2D eigenvalue weighted by Gasteiger charge is 2.34. The number of aliphatic hydroxyl groups excluding tert-OH is 1. The van der Waals surface area contributed by atoms with Gasteiger partial charge in [0.15, 0.2) is 0 Å². The van der Waals surface area contributed by atoms with Crippen molar-refractivity contribution in [2.75, 3.05) is 0 Å². The summed E-state index contributed by atoms with van der Waals surface area (Å²) in [5.74, 6) is 0. The molecule has 0 aliphatic heterocycles.